The summed E-state index contributed by atoms with van der Waals surface area (Å²) in [6.45, 7) is 3.99. The molecule has 1 atom stereocenters. The number of hydrogen-bond acceptors (Lipinski definition) is 6. The van der Waals surface area contributed by atoms with Crippen molar-refractivity contribution < 1.29 is 13.2 Å². The number of sulfone groups is 1. The number of nitrogens with zero attached hydrogens (tertiary/aromatic N) is 2. The van der Waals surface area contributed by atoms with Gasteiger partial charge in [0.15, 0.2) is 9.84 Å². The largest absolute Gasteiger partial charge is 0.350 e. The quantitative estimate of drug-likeness (QED) is 0.864. The van der Waals surface area contributed by atoms with Crippen LogP contribution < -0.4 is 10.6 Å². The molecule has 0 aliphatic carbocycles. The number of nitrogens with one attached hydrogen (secondary N) is 2. The monoisotopic (exact) mass is 360 g/mol. The first-order valence-electron chi connectivity index (χ1n) is 8.00. The van der Waals surface area contributed by atoms with Crippen LogP contribution >= 0.6 is 0 Å². The zero-order valence-corrected chi connectivity index (χ0v) is 14.9. The Kier molecular flexibility index (Phi) is 4.71. The maximum absolute atomic E-state index is 12.3. The Morgan fingerprint density at radius 3 is 2.48 bits per heavy atom. The Morgan fingerprint density at radius 1 is 1.16 bits per heavy atom. The molecule has 2 N–H and O–H groups in total. The van der Waals surface area contributed by atoms with Gasteiger partial charge < -0.3 is 10.6 Å². The van der Waals surface area contributed by atoms with Crippen LogP contribution in [0.25, 0.3) is 0 Å². The number of rotatable bonds is 4. The fourth-order valence-electron chi connectivity index (χ4n) is 2.63. The average molecular weight is 360 g/mol. The molecule has 1 saturated heterocycles. The van der Waals surface area contributed by atoms with Gasteiger partial charge in [-0.25, -0.2) is 18.4 Å². The van der Waals surface area contributed by atoms with Gasteiger partial charge in [0.2, 0.25) is 5.95 Å². The van der Waals surface area contributed by atoms with Crippen molar-refractivity contribution in [3.8, 4) is 0 Å². The molecular weight excluding hydrogens is 340 g/mol. The Hall–Kier alpha value is -2.48. The van der Waals surface area contributed by atoms with Crippen molar-refractivity contribution in [1.82, 2.24) is 9.97 Å². The van der Waals surface area contributed by atoms with Gasteiger partial charge in [0.25, 0.3) is 5.91 Å². The molecule has 0 bridgehead atoms. The van der Waals surface area contributed by atoms with Crippen molar-refractivity contribution in [1.29, 1.82) is 0 Å². The van der Waals surface area contributed by atoms with Crippen LogP contribution in [-0.2, 0) is 9.84 Å². The summed E-state index contributed by atoms with van der Waals surface area (Å²) in [6.07, 6.45) is 3.39. The summed E-state index contributed by atoms with van der Waals surface area (Å²) >= 11 is 0. The van der Waals surface area contributed by atoms with E-state index in [9.17, 15) is 13.2 Å². The first kappa shape index (κ1) is 17.3. The molecule has 2 heterocycles. The van der Waals surface area contributed by atoms with E-state index in [1.807, 2.05) is 32.0 Å². The lowest BCUT2D eigenvalue weighted by molar-refractivity contribution is 0.102. The topological polar surface area (TPSA) is 101 Å². The summed E-state index contributed by atoms with van der Waals surface area (Å²) in [5.41, 5.74) is 3.31. The minimum Gasteiger partial charge on any atom is -0.350 e. The zero-order chi connectivity index (χ0) is 18.0. The van der Waals surface area contributed by atoms with Crippen LogP contribution in [0.2, 0.25) is 0 Å². The van der Waals surface area contributed by atoms with Crippen LogP contribution in [0.1, 0.15) is 27.9 Å². The molecule has 1 amide bonds. The van der Waals surface area contributed by atoms with Gasteiger partial charge in [0, 0.05) is 24.1 Å². The molecule has 1 fully saturated rings. The molecule has 1 aliphatic heterocycles. The van der Waals surface area contributed by atoms with Crippen molar-refractivity contribution in [2.75, 3.05) is 22.1 Å². The highest BCUT2D eigenvalue weighted by molar-refractivity contribution is 7.91. The third-order valence-electron chi connectivity index (χ3n) is 4.24. The lowest BCUT2D eigenvalue weighted by Crippen LogP contribution is -2.22. The van der Waals surface area contributed by atoms with Crippen LogP contribution in [-0.4, -0.2) is 41.8 Å². The van der Waals surface area contributed by atoms with E-state index in [4.69, 9.17) is 0 Å². The minimum absolute atomic E-state index is 0.0887. The van der Waals surface area contributed by atoms with E-state index in [0.29, 0.717) is 23.6 Å². The molecule has 1 aliphatic rings. The molecule has 1 aromatic carbocycles. The van der Waals surface area contributed by atoms with E-state index in [2.05, 4.69) is 20.6 Å². The van der Waals surface area contributed by atoms with E-state index >= 15 is 0 Å². The second kappa shape index (κ2) is 6.79. The standard InChI is InChI=1S/C17H20N4O3S/c1-11-3-4-14(7-12(11)2)20-16(22)13-8-18-17(19-9-13)21-15-5-6-25(23,24)10-15/h3-4,7-9,15H,5-6,10H2,1-2H3,(H,20,22)(H,18,19,21). The number of amides is 1. The Labute approximate surface area is 146 Å². The van der Waals surface area contributed by atoms with Gasteiger partial charge in [-0.2, -0.15) is 0 Å². The van der Waals surface area contributed by atoms with Crippen molar-refractivity contribution in [3.05, 3.63) is 47.3 Å². The number of benzene rings is 1. The molecule has 0 radical (unpaired) electrons. The summed E-state index contributed by atoms with van der Waals surface area (Å²) in [5.74, 6) is 0.301. The Balaban J connectivity index is 1.63. The van der Waals surface area contributed by atoms with Crippen molar-refractivity contribution in [2.45, 2.75) is 26.3 Å². The molecule has 8 heteroatoms. The SMILES string of the molecule is Cc1ccc(NC(=O)c2cnc(NC3CCS(=O)(=O)C3)nc2)cc1C. The van der Waals surface area contributed by atoms with E-state index < -0.39 is 9.84 Å². The lowest BCUT2D eigenvalue weighted by Gasteiger charge is -2.11. The second-order valence-corrected chi connectivity index (χ2v) is 8.52. The number of hydrogen-bond donors (Lipinski definition) is 2. The van der Waals surface area contributed by atoms with Gasteiger partial charge in [-0.15, -0.1) is 0 Å². The van der Waals surface area contributed by atoms with Gasteiger partial charge in [-0.1, -0.05) is 6.07 Å². The highest BCUT2D eigenvalue weighted by atomic mass is 32.2. The van der Waals surface area contributed by atoms with Crippen LogP contribution in [0.15, 0.2) is 30.6 Å². The summed E-state index contributed by atoms with van der Waals surface area (Å²) in [5, 5.41) is 5.80. The van der Waals surface area contributed by atoms with Crippen molar-refractivity contribution in [3.63, 3.8) is 0 Å². The van der Waals surface area contributed by atoms with E-state index in [1.165, 1.54) is 12.4 Å². The average Bonchev–Trinajstić information content (AvgIpc) is 2.90. The number of carbonyl (C=O) groups excluding carboxylic acids is 1. The molecule has 3 rings (SSSR count). The number of aryl methyl sites for hydroxylation is 2. The fourth-order valence-corrected chi connectivity index (χ4v) is 4.31. The van der Waals surface area contributed by atoms with Crippen LogP contribution in [0.4, 0.5) is 11.6 Å². The zero-order valence-electron chi connectivity index (χ0n) is 14.1. The summed E-state index contributed by atoms with van der Waals surface area (Å²) in [6, 6.07) is 5.52. The molecule has 25 heavy (non-hydrogen) atoms. The summed E-state index contributed by atoms with van der Waals surface area (Å²) < 4.78 is 22.9. The van der Waals surface area contributed by atoms with E-state index in [1.54, 1.807) is 0 Å². The first-order valence-corrected chi connectivity index (χ1v) is 9.82. The third-order valence-corrected chi connectivity index (χ3v) is 6.01. The fraction of sp³-hybridized carbons (Fsp3) is 0.353. The number of aromatic nitrogens is 2. The highest BCUT2D eigenvalue weighted by Gasteiger charge is 2.28. The van der Waals surface area contributed by atoms with Gasteiger partial charge in [-0.3, -0.25) is 4.79 Å². The second-order valence-electron chi connectivity index (χ2n) is 6.29. The minimum atomic E-state index is -2.96. The van der Waals surface area contributed by atoms with Crippen LogP contribution in [0.5, 0.6) is 0 Å². The van der Waals surface area contributed by atoms with E-state index in [0.717, 1.165) is 11.1 Å². The predicted molar refractivity (Wildman–Crippen MR) is 96.6 cm³/mol. The van der Waals surface area contributed by atoms with Gasteiger partial charge in [-0.05, 0) is 43.5 Å². The van der Waals surface area contributed by atoms with Crippen LogP contribution in [0.3, 0.4) is 0 Å². The van der Waals surface area contributed by atoms with Gasteiger partial charge in [0.1, 0.15) is 0 Å². The first-order chi connectivity index (χ1) is 11.8. The van der Waals surface area contributed by atoms with E-state index in [-0.39, 0.29) is 23.5 Å². The number of carbonyl (C=O) groups is 1. The van der Waals surface area contributed by atoms with Crippen molar-refractivity contribution >= 4 is 27.4 Å². The molecular formula is C17H20N4O3S. The Morgan fingerprint density at radius 2 is 1.88 bits per heavy atom. The van der Waals surface area contributed by atoms with Crippen LogP contribution in [0, 0.1) is 13.8 Å². The van der Waals surface area contributed by atoms with Gasteiger partial charge in [0.05, 0.1) is 17.1 Å². The molecule has 0 saturated carbocycles. The Bertz CT molecular complexity index is 895. The predicted octanol–water partition coefficient (Wildman–Crippen LogP) is 1.94. The number of anilines is 2. The highest BCUT2D eigenvalue weighted by Crippen LogP contribution is 2.16. The molecule has 1 unspecified atom stereocenters. The molecule has 7 nitrogen and oxygen atoms in total. The maximum atomic E-state index is 12.3. The molecule has 132 valence electrons. The normalized spacial score (nSPS) is 18.7. The molecule has 1 aromatic heterocycles. The summed E-state index contributed by atoms with van der Waals surface area (Å²) in [7, 11) is -2.96. The lowest BCUT2D eigenvalue weighted by atomic mass is 10.1. The molecule has 2 aromatic rings. The molecule has 0 spiro atoms. The summed E-state index contributed by atoms with van der Waals surface area (Å²) in [4.78, 5) is 20.5. The van der Waals surface area contributed by atoms with Gasteiger partial charge >= 0.3 is 0 Å². The third kappa shape index (κ3) is 4.33. The maximum Gasteiger partial charge on any atom is 0.258 e. The smallest absolute Gasteiger partial charge is 0.258 e. The van der Waals surface area contributed by atoms with Crippen molar-refractivity contribution in [2.24, 2.45) is 0 Å².